The molecule has 0 saturated carbocycles. The van der Waals surface area contributed by atoms with Crippen LogP contribution < -0.4 is 0 Å². The van der Waals surface area contributed by atoms with Crippen molar-refractivity contribution in [1.29, 1.82) is 0 Å². The first-order valence-corrected chi connectivity index (χ1v) is 22.7. The largest absolute Gasteiger partial charge is 0.284 e. The molecule has 9 rings (SSSR count). The third kappa shape index (κ3) is 6.55. The Morgan fingerprint density at radius 2 is 1.00 bits per heavy atom. The number of rotatable bonds is 6. The molecule has 5 aromatic rings. The van der Waals surface area contributed by atoms with Crippen LogP contribution in [0.2, 0.25) is 15.1 Å². The maximum Gasteiger partial charge on any atom is 0.284 e. The van der Waals surface area contributed by atoms with Crippen LogP contribution in [0, 0.1) is 0 Å². The van der Waals surface area contributed by atoms with E-state index >= 15 is 0 Å². The number of benzene rings is 3. The van der Waals surface area contributed by atoms with Gasteiger partial charge in [0.15, 0.2) is 0 Å². The molecule has 4 aliphatic rings. The molecule has 284 valence electrons. The van der Waals surface area contributed by atoms with Gasteiger partial charge >= 0.3 is 0 Å². The Hall–Kier alpha value is -3.42. The van der Waals surface area contributed by atoms with Crippen LogP contribution in [0.15, 0.2) is 87.5 Å². The monoisotopic (exact) mass is 850 g/mol. The molecule has 0 radical (unpaired) electrons. The summed E-state index contributed by atoms with van der Waals surface area (Å²) >= 11 is 17.7. The number of H-pyrrole nitrogens is 1. The van der Waals surface area contributed by atoms with Gasteiger partial charge in [0.2, 0.25) is 20.0 Å². The number of nitrogens with zero attached hydrogens (tertiary/aromatic N) is 7. The van der Waals surface area contributed by atoms with E-state index in [2.05, 4.69) is 25.7 Å². The molecule has 4 unspecified atom stereocenters. The van der Waals surface area contributed by atoms with Gasteiger partial charge in [0, 0.05) is 40.0 Å². The van der Waals surface area contributed by atoms with Crippen LogP contribution in [0.3, 0.4) is 0 Å². The van der Waals surface area contributed by atoms with Gasteiger partial charge in [0.05, 0.1) is 38.2 Å². The first kappa shape index (κ1) is 37.5. The van der Waals surface area contributed by atoms with E-state index < -0.39 is 36.1 Å². The molecule has 4 bridgehead atoms. The van der Waals surface area contributed by atoms with Crippen molar-refractivity contribution in [2.75, 3.05) is 0 Å². The zero-order valence-corrected chi connectivity index (χ0v) is 33.1. The lowest BCUT2D eigenvalue weighted by molar-refractivity contribution is 0.158. The molecule has 6 heterocycles. The van der Waals surface area contributed by atoms with Crippen LogP contribution in [0.4, 0.5) is 0 Å². The first-order valence-electron chi connectivity index (χ1n) is 17.2. The van der Waals surface area contributed by atoms with E-state index in [1.165, 1.54) is 52.8 Å². The predicted molar refractivity (Wildman–Crippen MR) is 200 cm³/mol. The Morgan fingerprint density at radius 3 is 1.50 bits per heavy atom. The molecular formula is C34H33Cl3N8O6S3. The summed E-state index contributed by atoms with van der Waals surface area (Å²) in [6, 6.07) is 16.9. The van der Waals surface area contributed by atoms with Crippen LogP contribution >= 0.6 is 34.8 Å². The fourth-order valence-corrected chi connectivity index (χ4v) is 13.3. The third-order valence-corrected chi connectivity index (χ3v) is 16.7. The first-order chi connectivity index (χ1) is 25.8. The van der Waals surface area contributed by atoms with Gasteiger partial charge in [-0.2, -0.15) is 32.4 Å². The number of piperidine rings is 2. The van der Waals surface area contributed by atoms with Crippen molar-refractivity contribution in [3.8, 4) is 0 Å². The molecule has 54 heavy (non-hydrogen) atoms. The molecule has 2 aromatic heterocycles. The second-order valence-electron chi connectivity index (χ2n) is 13.6. The minimum Gasteiger partial charge on any atom is -0.207 e. The normalized spacial score (nSPS) is 22.8. The maximum atomic E-state index is 13.5. The van der Waals surface area contributed by atoms with E-state index in [1.54, 1.807) is 28.6 Å². The lowest BCUT2D eigenvalue weighted by Gasteiger charge is -2.43. The Labute approximate surface area is 327 Å². The van der Waals surface area contributed by atoms with Gasteiger partial charge in [-0.3, -0.25) is 0 Å². The van der Waals surface area contributed by atoms with Crippen molar-refractivity contribution in [2.45, 2.75) is 90.2 Å². The van der Waals surface area contributed by atoms with Crippen molar-refractivity contribution in [3.63, 3.8) is 0 Å². The summed E-state index contributed by atoms with van der Waals surface area (Å²) in [4.78, 5) is 0.458. The number of hydrogen-bond acceptors (Lipinski definition) is 10. The fraction of sp³-hybridized carbons (Fsp3) is 0.353. The smallest absolute Gasteiger partial charge is 0.207 e. The van der Waals surface area contributed by atoms with Crippen LogP contribution in [0.1, 0.15) is 73.4 Å². The van der Waals surface area contributed by atoms with Crippen molar-refractivity contribution >= 4 is 64.9 Å². The van der Waals surface area contributed by atoms with E-state index in [9.17, 15) is 25.3 Å². The molecule has 4 atom stereocenters. The lowest BCUT2D eigenvalue weighted by Crippen LogP contribution is -2.50. The molecule has 20 heteroatoms. The third-order valence-electron chi connectivity index (χ3n) is 10.4. The summed E-state index contributed by atoms with van der Waals surface area (Å²) in [6.45, 7) is 0. The highest BCUT2D eigenvalue weighted by atomic mass is 35.5. The van der Waals surface area contributed by atoms with E-state index in [0.29, 0.717) is 45.7 Å². The minimum atomic E-state index is -3.99. The van der Waals surface area contributed by atoms with Gasteiger partial charge in [-0.05, 0) is 111 Å². The molecule has 0 spiro atoms. The second kappa shape index (κ2) is 14.3. The lowest BCUT2D eigenvalue weighted by atomic mass is 9.87. The van der Waals surface area contributed by atoms with Crippen LogP contribution in [-0.4, -0.2) is 75.8 Å². The highest BCUT2D eigenvalue weighted by Crippen LogP contribution is 2.45. The number of hydrogen-bond donors (Lipinski definition) is 1. The van der Waals surface area contributed by atoms with E-state index in [-0.39, 0.29) is 39.2 Å². The maximum absolute atomic E-state index is 13.5. The van der Waals surface area contributed by atoms with Crippen molar-refractivity contribution in [2.24, 2.45) is 0 Å². The van der Waals surface area contributed by atoms with E-state index in [1.807, 2.05) is 0 Å². The highest BCUT2D eigenvalue weighted by molar-refractivity contribution is 7.90. The Balaban J connectivity index is 0.000000164. The minimum absolute atomic E-state index is 0.0379. The van der Waals surface area contributed by atoms with Crippen molar-refractivity contribution in [3.05, 3.63) is 111 Å². The molecule has 2 fully saturated rings. The van der Waals surface area contributed by atoms with Gasteiger partial charge in [-0.25, -0.2) is 16.8 Å². The molecular weight excluding hydrogens is 819 g/mol. The number of halogens is 3. The Bertz CT molecular complexity index is 2530. The average Bonchev–Trinajstić information content (AvgIpc) is 3.80. The number of nitrogens with one attached hydrogen (secondary N) is 1. The summed E-state index contributed by atoms with van der Waals surface area (Å²) in [5.41, 5.74) is 2.49. The van der Waals surface area contributed by atoms with Gasteiger partial charge in [0.1, 0.15) is 11.4 Å². The van der Waals surface area contributed by atoms with Crippen LogP contribution in [0.25, 0.3) is 0 Å². The average molecular weight is 852 g/mol. The number of fused-ring (bicyclic) bond motifs is 8. The summed E-state index contributed by atoms with van der Waals surface area (Å²) in [6.07, 6.45) is 5.45. The number of sulfonamides is 2. The van der Waals surface area contributed by atoms with Gasteiger partial charge in [0.25, 0.3) is 10.0 Å². The summed E-state index contributed by atoms with van der Waals surface area (Å²) in [5, 5.41) is 20.4. The fourth-order valence-electron chi connectivity index (χ4n) is 7.96. The molecule has 0 amide bonds. The van der Waals surface area contributed by atoms with Gasteiger partial charge in [-0.1, -0.05) is 40.0 Å². The summed E-state index contributed by atoms with van der Waals surface area (Å²) < 4.78 is 83.5. The zero-order valence-electron chi connectivity index (χ0n) is 28.3. The molecule has 1 N–H and O–H groups in total. The summed E-state index contributed by atoms with van der Waals surface area (Å²) in [5.74, 6) is 0. The Kier molecular flexibility index (Phi) is 9.90. The standard InChI is InChI=1S/C20H18Cl2N4O4S2.C14H15ClN4O2S/c21-13-4-8-16(9-5-13)31(27,28)25-15-2-1-3-18(25)20-19(12-15)26(24-23-20)32(29,30)17-10-6-14(22)7-11-17;15-9-4-6-11(7-5-9)22(20,21)19-10-2-1-3-13(19)14-12(8-10)16-18-17-14/h4-11,15,18H,1-3,12H2;4-7,10,13H,1-3,8H2,(H,16,17,18). The molecule has 14 nitrogen and oxygen atoms in total. The van der Waals surface area contributed by atoms with Gasteiger partial charge in [-0.15, -0.1) is 9.19 Å². The molecule has 2 saturated heterocycles. The van der Waals surface area contributed by atoms with Crippen LogP contribution in [-0.2, 0) is 42.9 Å². The van der Waals surface area contributed by atoms with E-state index in [4.69, 9.17) is 34.8 Å². The molecule has 3 aromatic carbocycles. The second-order valence-corrected chi connectivity index (χ2v) is 20.3. The van der Waals surface area contributed by atoms with E-state index in [0.717, 1.165) is 41.2 Å². The molecule has 0 aliphatic carbocycles. The number of aromatic amines is 1. The summed E-state index contributed by atoms with van der Waals surface area (Å²) in [7, 11) is -11.4. The van der Waals surface area contributed by atoms with Crippen molar-refractivity contribution in [1.82, 2.24) is 38.4 Å². The van der Waals surface area contributed by atoms with Crippen molar-refractivity contribution < 1.29 is 25.3 Å². The highest BCUT2D eigenvalue weighted by Gasteiger charge is 2.49. The predicted octanol–water partition coefficient (Wildman–Crippen LogP) is 5.96. The topological polar surface area (TPSA) is 181 Å². The van der Waals surface area contributed by atoms with Gasteiger partial charge < -0.3 is 0 Å². The number of aromatic nitrogens is 6. The zero-order chi connectivity index (χ0) is 38.0. The quantitative estimate of drug-likeness (QED) is 0.214. The van der Waals surface area contributed by atoms with Crippen LogP contribution in [0.5, 0.6) is 0 Å². The SMILES string of the molecule is O=S(=O)(c1ccc(Cl)cc1)N1C2CCCC1c1n[nH]nc1C2.O=S(=O)(c1ccc(Cl)cc1)N1C2CCCC1c1nnn(S(=O)(=O)c3ccc(Cl)cc3)c1C2. The molecule has 4 aliphatic heterocycles. The Morgan fingerprint density at radius 1 is 0.556 bits per heavy atom.